The summed E-state index contributed by atoms with van der Waals surface area (Å²) < 4.78 is 24.3. The van der Waals surface area contributed by atoms with Crippen LogP contribution in [-0.4, -0.2) is 61.3 Å². The van der Waals surface area contributed by atoms with Gasteiger partial charge >= 0.3 is 0 Å². The number of aliphatic hydroxyl groups excluding tert-OH is 1. The van der Waals surface area contributed by atoms with Crippen LogP contribution in [0.15, 0.2) is 0 Å². The van der Waals surface area contributed by atoms with E-state index in [-0.39, 0.29) is 12.2 Å². The monoisotopic (exact) mass is 366 g/mol. The second kappa shape index (κ2) is 7.14. The molecule has 22 heavy (non-hydrogen) atoms. The largest absolute Gasteiger partial charge is 0.410 e. The lowest BCUT2D eigenvalue weighted by Crippen LogP contribution is -2.61. The van der Waals surface area contributed by atoms with Gasteiger partial charge in [-0.25, -0.2) is 0 Å². The van der Waals surface area contributed by atoms with E-state index in [2.05, 4.69) is 58.9 Å². The second-order valence-electron chi connectivity index (χ2n) is 8.88. The van der Waals surface area contributed by atoms with E-state index >= 15 is 0 Å². The van der Waals surface area contributed by atoms with E-state index in [9.17, 15) is 5.11 Å². The molecule has 1 aliphatic heterocycles. The Labute approximate surface area is 138 Å². The van der Waals surface area contributed by atoms with Gasteiger partial charge in [0.15, 0.2) is 31.2 Å². The lowest BCUT2D eigenvalue weighted by Gasteiger charge is -2.46. The summed E-state index contributed by atoms with van der Waals surface area (Å²) in [5, 5.41) is 10.3. The first-order valence-corrected chi connectivity index (χ1v) is 18.2. The van der Waals surface area contributed by atoms with E-state index in [0.29, 0.717) is 6.61 Å². The van der Waals surface area contributed by atoms with Crippen molar-refractivity contribution in [2.75, 3.05) is 6.61 Å². The molecule has 1 aliphatic rings. The van der Waals surface area contributed by atoms with Crippen LogP contribution in [0.3, 0.4) is 0 Å². The third kappa shape index (κ3) is 7.35. The van der Waals surface area contributed by atoms with Crippen LogP contribution < -0.4 is 0 Å². The van der Waals surface area contributed by atoms with Gasteiger partial charge in [0.05, 0.1) is 12.7 Å². The van der Waals surface area contributed by atoms with Crippen molar-refractivity contribution in [2.24, 2.45) is 0 Å². The molecule has 0 aromatic carbocycles. The molecule has 132 valence electrons. The van der Waals surface area contributed by atoms with E-state index in [1.807, 2.05) is 0 Å². The van der Waals surface area contributed by atoms with Crippen molar-refractivity contribution in [3.05, 3.63) is 0 Å². The van der Waals surface area contributed by atoms with E-state index in [4.69, 9.17) is 18.0 Å². The highest BCUT2D eigenvalue weighted by molar-refractivity contribution is 6.70. The van der Waals surface area contributed by atoms with Gasteiger partial charge in [0, 0.05) is 0 Å². The summed E-state index contributed by atoms with van der Waals surface area (Å²) in [5.41, 5.74) is 0. The zero-order chi connectivity index (χ0) is 17.3. The second-order valence-corrected chi connectivity index (χ2v) is 22.3. The molecular formula is C14H34O5Si3. The molecule has 1 fully saturated rings. The first-order valence-electron chi connectivity index (χ1n) is 8.01. The zero-order valence-electron chi connectivity index (χ0n) is 15.6. The highest BCUT2D eigenvalue weighted by atomic mass is 28.4. The maximum Gasteiger partial charge on any atom is 0.184 e. The van der Waals surface area contributed by atoms with Crippen molar-refractivity contribution in [1.82, 2.24) is 0 Å². The van der Waals surface area contributed by atoms with Gasteiger partial charge in [-0.3, -0.25) is 0 Å². The maximum atomic E-state index is 10.3. The predicted octanol–water partition coefficient (Wildman–Crippen LogP) is 3.00. The fourth-order valence-electron chi connectivity index (χ4n) is 2.40. The molecule has 0 unspecified atom stereocenters. The Morgan fingerprint density at radius 1 is 0.727 bits per heavy atom. The van der Waals surface area contributed by atoms with Gasteiger partial charge in [-0.15, -0.1) is 0 Å². The third-order valence-electron chi connectivity index (χ3n) is 2.89. The fourth-order valence-corrected chi connectivity index (χ4v) is 5.68. The minimum absolute atomic E-state index is 0.178. The molecule has 1 saturated heterocycles. The van der Waals surface area contributed by atoms with Crippen LogP contribution in [0.25, 0.3) is 0 Å². The van der Waals surface area contributed by atoms with Gasteiger partial charge in [-0.05, 0) is 58.9 Å². The lowest BCUT2D eigenvalue weighted by molar-refractivity contribution is -0.240. The Kier molecular flexibility index (Phi) is 6.65. The van der Waals surface area contributed by atoms with Crippen molar-refractivity contribution in [1.29, 1.82) is 0 Å². The minimum atomic E-state index is -1.84. The molecule has 1 rings (SSSR count). The lowest BCUT2D eigenvalue weighted by atomic mass is 10.1. The number of hydrogen-bond acceptors (Lipinski definition) is 5. The molecule has 8 heteroatoms. The molecule has 0 spiro atoms. The highest BCUT2D eigenvalue weighted by Crippen LogP contribution is 2.29. The van der Waals surface area contributed by atoms with Gasteiger partial charge in [0.25, 0.3) is 0 Å². The summed E-state index contributed by atoms with van der Waals surface area (Å²) in [7, 11) is -5.39. The van der Waals surface area contributed by atoms with Gasteiger partial charge in [-0.2, -0.15) is 0 Å². The summed E-state index contributed by atoms with van der Waals surface area (Å²) in [4.78, 5) is 0. The van der Waals surface area contributed by atoms with Crippen LogP contribution in [0.4, 0.5) is 0 Å². The summed E-state index contributed by atoms with van der Waals surface area (Å²) >= 11 is 0. The molecule has 0 saturated carbocycles. The van der Waals surface area contributed by atoms with Crippen LogP contribution in [0.2, 0.25) is 58.9 Å². The molecule has 0 aliphatic carbocycles. The van der Waals surface area contributed by atoms with Crippen molar-refractivity contribution < 1.29 is 23.1 Å². The molecular weight excluding hydrogens is 332 g/mol. The zero-order valence-corrected chi connectivity index (χ0v) is 18.6. The molecule has 0 bridgehead atoms. The number of aliphatic hydroxyl groups is 1. The van der Waals surface area contributed by atoms with Crippen molar-refractivity contribution in [3.63, 3.8) is 0 Å². The van der Waals surface area contributed by atoms with E-state index < -0.39 is 37.3 Å². The van der Waals surface area contributed by atoms with Gasteiger partial charge in [0.1, 0.15) is 12.2 Å². The first-order chi connectivity index (χ1) is 9.68. The Hall–Kier alpha value is 0.451. The molecule has 0 aromatic rings. The van der Waals surface area contributed by atoms with Crippen LogP contribution in [0.1, 0.15) is 0 Å². The SMILES string of the molecule is C[Si](C)(C)O[C@@H]1[C@@H](O[Si](C)(C)C)[C@H](O[Si](C)(C)C)CO[C@H]1O. The van der Waals surface area contributed by atoms with E-state index in [1.54, 1.807) is 0 Å². The van der Waals surface area contributed by atoms with Crippen LogP contribution in [0.5, 0.6) is 0 Å². The molecule has 5 nitrogen and oxygen atoms in total. The van der Waals surface area contributed by atoms with Crippen LogP contribution in [-0.2, 0) is 18.0 Å². The summed E-state index contributed by atoms with van der Waals surface area (Å²) in [6.07, 6.45) is -1.87. The Morgan fingerprint density at radius 3 is 1.55 bits per heavy atom. The molecule has 1 N–H and O–H groups in total. The molecule has 0 amide bonds. The fraction of sp³-hybridized carbons (Fsp3) is 1.00. The molecule has 0 radical (unpaired) electrons. The van der Waals surface area contributed by atoms with Crippen molar-refractivity contribution >= 4 is 25.0 Å². The van der Waals surface area contributed by atoms with Gasteiger partial charge in [-0.1, -0.05) is 0 Å². The number of ether oxygens (including phenoxy) is 1. The van der Waals surface area contributed by atoms with E-state index in [1.165, 1.54) is 0 Å². The third-order valence-corrected chi connectivity index (χ3v) is 5.86. The maximum absolute atomic E-state index is 10.3. The quantitative estimate of drug-likeness (QED) is 0.732. The average Bonchev–Trinajstić information content (AvgIpc) is 2.22. The minimum Gasteiger partial charge on any atom is -0.410 e. The van der Waals surface area contributed by atoms with Crippen molar-refractivity contribution in [3.8, 4) is 0 Å². The molecule has 4 atom stereocenters. The number of rotatable bonds is 6. The average molecular weight is 367 g/mol. The van der Waals surface area contributed by atoms with Gasteiger partial charge in [0.2, 0.25) is 0 Å². The van der Waals surface area contributed by atoms with Crippen LogP contribution in [0, 0.1) is 0 Å². The molecule has 0 aromatic heterocycles. The Morgan fingerprint density at radius 2 is 1.14 bits per heavy atom. The van der Waals surface area contributed by atoms with Gasteiger partial charge < -0.3 is 23.1 Å². The first kappa shape index (κ1) is 20.5. The van der Waals surface area contributed by atoms with E-state index in [0.717, 1.165) is 0 Å². The molecule has 1 heterocycles. The van der Waals surface area contributed by atoms with Crippen LogP contribution >= 0.6 is 0 Å². The smallest absolute Gasteiger partial charge is 0.184 e. The Balaban J connectivity index is 3.01. The summed E-state index contributed by atoms with van der Waals surface area (Å²) in [6.45, 7) is 19.6. The topological polar surface area (TPSA) is 57.2 Å². The summed E-state index contributed by atoms with van der Waals surface area (Å²) in [6, 6.07) is 0. The summed E-state index contributed by atoms with van der Waals surface area (Å²) in [5.74, 6) is 0. The van der Waals surface area contributed by atoms with Crippen molar-refractivity contribution in [2.45, 2.75) is 83.5 Å². The highest BCUT2D eigenvalue weighted by Gasteiger charge is 2.46. The standard InChI is InChI=1S/C14H34O5Si3/c1-20(2,3)17-11-10-16-14(15)13(19-22(7,8)9)12(11)18-21(4,5)6/h11-15H,10H2,1-9H3/t11-,12+,13-,14-/m1/s1. The normalized spacial score (nSPS) is 31.4. The predicted molar refractivity (Wildman–Crippen MR) is 96.6 cm³/mol. The number of hydrogen-bond donors (Lipinski definition) is 1. The Bertz CT molecular complexity index is 359.